The maximum Gasteiger partial charge on any atom is 0.312 e. The van der Waals surface area contributed by atoms with Crippen molar-refractivity contribution in [2.45, 2.75) is 31.1 Å². The summed E-state index contributed by atoms with van der Waals surface area (Å²) in [6, 6.07) is -0.403. The summed E-state index contributed by atoms with van der Waals surface area (Å²) in [5.41, 5.74) is 4.78. The number of imidazole rings is 1. The van der Waals surface area contributed by atoms with Gasteiger partial charge in [-0.05, 0) is 13.3 Å². The van der Waals surface area contributed by atoms with Crippen LogP contribution in [0.2, 0.25) is 0 Å². The van der Waals surface area contributed by atoms with Crippen molar-refractivity contribution in [2.24, 2.45) is 11.3 Å². The molecular formula is C17H23N5O6. The molecule has 28 heavy (non-hydrogen) atoms. The molecule has 2 unspecified atom stereocenters. The number of nitrogens with zero attached hydrogens (tertiary/aromatic N) is 4. The van der Waals surface area contributed by atoms with Gasteiger partial charge in [0.1, 0.15) is 42.5 Å². The van der Waals surface area contributed by atoms with E-state index in [-0.39, 0.29) is 25.3 Å². The minimum atomic E-state index is -1.08. The number of aromatic nitrogens is 4. The molecule has 2 saturated carbocycles. The summed E-state index contributed by atoms with van der Waals surface area (Å²) in [5, 5.41) is 10.0. The predicted molar refractivity (Wildman–Crippen MR) is 95.1 cm³/mol. The average Bonchev–Trinajstić information content (AvgIpc) is 3.17. The highest BCUT2D eigenvalue weighted by Gasteiger charge is 2.81. The Hall–Kier alpha value is -2.34. The lowest BCUT2D eigenvalue weighted by atomic mass is 9.88. The van der Waals surface area contributed by atoms with Crippen LogP contribution in [-0.4, -0.2) is 70.1 Å². The lowest BCUT2D eigenvalue weighted by Gasteiger charge is -2.40. The Balaban J connectivity index is 1.84. The Bertz CT molecular complexity index is 905. The van der Waals surface area contributed by atoms with Crippen molar-refractivity contribution in [1.29, 1.82) is 0 Å². The molecule has 0 aliphatic heterocycles. The molecule has 4 rings (SSSR count). The number of nitrogens with two attached hydrogens (primary N) is 1. The van der Waals surface area contributed by atoms with Crippen molar-refractivity contribution in [2.75, 3.05) is 33.5 Å². The van der Waals surface area contributed by atoms with Gasteiger partial charge in [-0.1, -0.05) is 0 Å². The normalized spacial score (nSPS) is 33.9. The van der Waals surface area contributed by atoms with E-state index in [9.17, 15) is 9.90 Å². The molecule has 0 aromatic carbocycles. The third-order valence-corrected chi connectivity index (χ3v) is 5.94. The van der Waals surface area contributed by atoms with Crippen molar-refractivity contribution < 1.29 is 28.8 Å². The number of aliphatic carboxylic acids is 1. The van der Waals surface area contributed by atoms with Crippen LogP contribution in [0.5, 0.6) is 0 Å². The molecule has 0 saturated heterocycles. The van der Waals surface area contributed by atoms with E-state index < -0.39 is 29.1 Å². The summed E-state index contributed by atoms with van der Waals surface area (Å²) in [5.74, 6) is -0.900. The predicted octanol–water partition coefficient (Wildman–Crippen LogP) is 0.422. The van der Waals surface area contributed by atoms with Gasteiger partial charge in [0.2, 0.25) is 0 Å². The molecule has 11 nitrogen and oxygen atoms in total. The van der Waals surface area contributed by atoms with Gasteiger partial charge in [-0.25, -0.2) is 15.0 Å². The number of nitrogen functional groups attached to an aromatic ring is 1. The largest absolute Gasteiger partial charge is 0.481 e. The molecule has 2 aromatic heterocycles. The fourth-order valence-corrected chi connectivity index (χ4v) is 4.76. The second-order valence-corrected chi connectivity index (χ2v) is 7.37. The van der Waals surface area contributed by atoms with Crippen LogP contribution in [0.15, 0.2) is 12.7 Å². The van der Waals surface area contributed by atoms with E-state index >= 15 is 0 Å². The zero-order valence-corrected chi connectivity index (χ0v) is 15.9. The first-order valence-corrected chi connectivity index (χ1v) is 8.81. The molecule has 0 bridgehead atoms. The van der Waals surface area contributed by atoms with Crippen LogP contribution in [0.25, 0.3) is 11.2 Å². The summed E-state index contributed by atoms with van der Waals surface area (Å²) in [7, 11) is 2.99. The molecule has 2 fully saturated rings. The zero-order valence-electron chi connectivity index (χ0n) is 15.9. The molecule has 2 aromatic rings. The van der Waals surface area contributed by atoms with Crippen molar-refractivity contribution in [1.82, 2.24) is 19.5 Å². The maximum absolute atomic E-state index is 12.3. The molecule has 5 atom stereocenters. The number of ether oxygens (including phenoxy) is 4. The van der Waals surface area contributed by atoms with Crippen molar-refractivity contribution in [3.05, 3.63) is 12.7 Å². The third kappa shape index (κ3) is 2.43. The topological polar surface area (TPSA) is 144 Å². The van der Waals surface area contributed by atoms with Crippen molar-refractivity contribution in [3.63, 3.8) is 0 Å². The molecule has 2 aliphatic carbocycles. The smallest absolute Gasteiger partial charge is 0.312 e. The summed E-state index contributed by atoms with van der Waals surface area (Å²) in [6.07, 6.45) is 2.65. The molecule has 11 heteroatoms. The van der Waals surface area contributed by atoms with Crippen LogP contribution in [0.3, 0.4) is 0 Å². The fourth-order valence-electron chi connectivity index (χ4n) is 4.76. The Morgan fingerprint density at radius 3 is 2.75 bits per heavy atom. The third-order valence-electron chi connectivity index (χ3n) is 5.94. The first-order valence-electron chi connectivity index (χ1n) is 8.81. The van der Waals surface area contributed by atoms with Gasteiger partial charge in [0, 0.05) is 20.1 Å². The minimum Gasteiger partial charge on any atom is -0.481 e. The highest BCUT2D eigenvalue weighted by Crippen LogP contribution is 2.72. The van der Waals surface area contributed by atoms with Crippen LogP contribution < -0.4 is 5.73 Å². The lowest BCUT2D eigenvalue weighted by Crippen LogP contribution is -2.51. The van der Waals surface area contributed by atoms with Crippen molar-refractivity contribution in [3.8, 4) is 0 Å². The number of carboxylic acids is 1. The number of hydrogen-bond acceptors (Lipinski definition) is 9. The molecule has 3 N–H and O–H groups in total. The quantitative estimate of drug-likeness (QED) is 0.605. The van der Waals surface area contributed by atoms with E-state index in [2.05, 4.69) is 15.0 Å². The van der Waals surface area contributed by atoms with Crippen LogP contribution in [0, 0.1) is 11.3 Å². The Morgan fingerprint density at radius 2 is 2.07 bits per heavy atom. The number of carboxylic acid groups (broad SMARTS) is 1. The Morgan fingerprint density at radius 1 is 1.32 bits per heavy atom. The van der Waals surface area contributed by atoms with Crippen molar-refractivity contribution >= 4 is 23.0 Å². The van der Waals surface area contributed by atoms with Crippen LogP contribution in [-0.2, 0) is 23.7 Å². The monoisotopic (exact) mass is 393 g/mol. The summed E-state index contributed by atoms with van der Waals surface area (Å²) < 4.78 is 23.9. The Labute approximate surface area is 160 Å². The first-order chi connectivity index (χ1) is 13.4. The highest BCUT2D eigenvalue weighted by atomic mass is 16.7. The summed E-state index contributed by atoms with van der Waals surface area (Å²) in [4.78, 5) is 24.9. The maximum atomic E-state index is 12.3. The molecule has 0 amide bonds. The lowest BCUT2D eigenvalue weighted by molar-refractivity contribution is -0.221. The average molecular weight is 393 g/mol. The highest BCUT2D eigenvalue weighted by molar-refractivity contribution is 5.83. The van der Waals surface area contributed by atoms with E-state index in [0.29, 0.717) is 17.6 Å². The Kier molecular flexibility index (Phi) is 4.49. The number of fused-ring (bicyclic) bond motifs is 2. The van der Waals surface area contributed by atoms with Crippen LogP contribution in [0.4, 0.5) is 5.82 Å². The fraction of sp³-hybridized carbons (Fsp3) is 0.647. The van der Waals surface area contributed by atoms with E-state index in [4.69, 9.17) is 24.7 Å². The number of methoxy groups -OCH3 is 2. The molecule has 0 spiro atoms. The second-order valence-electron chi connectivity index (χ2n) is 7.37. The van der Waals surface area contributed by atoms with Crippen LogP contribution in [0.1, 0.15) is 19.4 Å². The van der Waals surface area contributed by atoms with Gasteiger partial charge in [-0.3, -0.25) is 4.79 Å². The van der Waals surface area contributed by atoms with E-state index in [0.717, 1.165) is 0 Å². The van der Waals surface area contributed by atoms with Gasteiger partial charge >= 0.3 is 5.97 Å². The molecular weight excluding hydrogens is 370 g/mol. The SMILES string of the molecule is COCOC1[C@]2(C(=O)O)CC2[C@@H](n2cnc3c(N)ncnc32)[C@@]1(C)OCOC. The standard InChI is InChI=1S/C17H23N5O6/c1-16(28-8-26-3)11(22-6-21-10-12(18)19-5-20-13(10)22)9-4-17(9,15(23)24)14(16)27-7-25-2/h5-6,9,11,14H,4,7-8H2,1-3H3,(H,23,24)(H2,18,19,20)/t9?,11-,14?,16-,17+/m1/s1. The second kappa shape index (κ2) is 6.62. The minimum absolute atomic E-state index is 0.0218. The van der Waals surface area contributed by atoms with E-state index in [1.807, 2.05) is 11.5 Å². The van der Waals surface area contributed by atoms with E-state index in [1.165, 1.54) is 20.5 Å². The van der Waals surface area contributed by atoms with Gasteiger partial charge in [0.15, 0.2) is 11.5 Å². The number of carbonyl (C=O) groups is 1. The summed E-state index contributed by atoms with van der Waals surface area (Å²) >= 11 is 0. The van der Waals surface area contributed by atoms with E-state index in [1.54, 1.807) is 6.33 Å². The van der Waals surface area contributed by atoms with Gasteiger partial charge < -0.3 is 34.4 Å². The number of anilines is 1. The van der Waals surface area contributed by atoms with Gasteiger partial charge in [0.05, 0.1) is 12.4 Å². The first kappa shape index (κ1) is 19.0. The van der Waals surface area contributed by atoms with Gasteiger partial charge in [-0.15, -0.1) is 0 Å². The zero-order chi connectivity index (χ0) is 20.1. The molecule has 2 aliphatic rings. The van der Waals surface area contributed by atoms with Gasteiger partial charge in [0.25, 0.3) is 0 Å². The number of rotatable bonds is 8. The van der Waals surface area contributed by atoms with Gasteiger partial charge in [-0.2, -0.15) is 0 Å². The number of hydrogen-bond donors (Lipinski definition) is 2. The molecule has 0 radical (unpaired) electrons. The molecule has 152 valence electrons. The summed E-state index contributed by atoms with van der Waals surface area (Å²) in [6.45, 7) is 1.75. The van der Waals surface area contributed by atoms with Crippen LogP contribution >= 0.6 is 0 Å². The molecule has 2 heterocycles.